The first-order chi connectivity index (χ1) is 15.4. The topological polar surface area (TPSA) is 59.1 Å². The lowest BCUT2D eigenvalue weighted by atomic mass is 10.0. The van der Waals surface area contributed by atoms with Crippen LogP contribution in [0.3, 0.4) is 0 Å². The molecule has 0 saturated carbocycles. The van der Waals surface area contributed by atoms with Gasteiger partial charge in [0.2, 0.25) is 0 Å². The molecule has 2 aromatic carbocycles. The van der Waals surface area contributed by atoms with Gasteiger partial charge in [0.05, 0.1) is 19.9 Å². The summed E-state index contributed by atoms with van der Waals surface area (Å²) in [6.45, 7) is 5.90. The summed E-state index contributed by atoms with van der Waals surface area (Å²) in [7, 11) is 3.09. The van der Waals surface area contributed by atoms with Crippen molar-refractivity contribution in [2.75, 3.05) is 25.7 Å². The van der Waals surface area contributed by atoms with Crippen molar-refractivity contribution in [3.63, 3.8) is 0 Å². The average Bonchev–Trinajstić information content (AvgIpc) is 2.78. The van der Waals surface area contributed by atoms with E-state index in [2.05, 4.69) is 6.58 Å². The Morgan fingerprint density at radius 1 is 1.09 bits per heavy atom. The van der Waals surface area contributed by atoms with Crippen LogP contribution in [0, 0.1) is 0 Å². The predicted molar refractivity (Wildman–Crippen MR) is 130 cm³/mol. The van der Waals surface area contributed by atoms with Crippen LogP contribution in [0.2, 0.25) is 5.02 Å². The Morgan fingerprint density at radius 2 is 1.78 bits per heavy atom. The van der Waals surface area contributed by atoms with Crippen LogP contribution in [-0.2, 0) is 16.0 Å². The molecule has 1 saturated heterocycles. The minimum Gasteiger partial charge on any atom is -0.493 e. The molecule has 1 aliphatic heterocycles. The average molecular weight is 471 g/mol. The van der Waals surface area contributed by atoms with Crippen LogP contribution in [0.15, 0.2) is 54.6 Å². The molecule has 2 amide bonds. The second kappa shape index (κ2) is 9.97. The van der Waals surface area contributed by atoms with Crippen molar-refractivity contribution < 1.29 is 19.1 Å². The summed E-state index contributed by atoms with van der Waals surface area (Å²) in [5, 5.41) is 0.657. The van der Waals surface area contributed by atoms with Crippen LogP contribution in [-0.4, -0.2) is 42.6 Å². The Kier molecular flexibility index (Phi) is 7.33. The fourth-order valence-electron chi connectivity index (χ4n) is 3.50. The first-order valence-corrected chi connectivity index (χ1v) is 10.7. The minimum atomic E-state index is -0.507. The van der Waals surface area contributed by atoms with Gasteiger partial charge in [0.15, 0.2) is 16.6 Å². The largest absolute Gasteiger partial charge is 0.493 e. The Bertz CT molecular complexity index is 1110. The molecule has 0 aromatic heterocycles. The summed E-state index contributed by atoms with van der Waals surface area (Å²) < 4.78 is 10.9. The highest BCUT2D eigenvalue weighted by atomic mass is 35.5. The molecule has 2 aromatic rings. The third kappa shape index (κ3) is 4.40. The van der Waals surface area contributed by atoms with Crippen molar-refractivity contribution in [2.24, 2.45) is 0 Å². The Morgan fingerprint density at radius 3 is 2.34 bits per heavy atom. The van der Waals surface area contributed by atoms with Crippen molar-refractivity contribution in [1.82, 2.24) is 4.90 Å². The molecule has 1 aliphatic rings. The van der Waals surface area contributed by atoms with Crippen LogP contribution in [0.4, 0.5) is 5.69 Å². The predicted octanol–water partition coefficient (Wildman–Crippen LogP) is 4.65. The SMILES string of the molecule is C=CCc1cc(/C=C2\C(=O)N(CC)C(=S)N(c3ccc(Cl)cc3)C2=O)cc(OC)c1OC. The normalized spacial score (nSPS) is 15.4. The van der Waals surface area contributed by atoms with Crippen molar-refractivity contribution >= 4 is 52.5 Å². The van der Waals surface area contributed by atoms with E-state index in [1.165, 1.54) is 16.9 Å². The first kappa shape index (κ1) is 23.5. The van der Waals surface area contributed by atoms with E-state index in [1.807, 2.05) is 6.07 Å². The quantitative estimate of drug-likeness (QED) is 0.255. The van der Waals surface area contributed by atoms with Gasteiger partial charge in [0, 0.05) is 17.1 Å². The number of hydrogen-bond donors (Lipinski definition) is 0. The second-order valence-corrected chi connectivity index (χ2v) is 7.72. The molecule has 0 bridgehead atoms. The fourth-order valence-corrected chi connectivity index (χ4v) is 4.02. The van der Waals surface area contributed by atoms with Crippen molar-refractivity contribution in [2.45, 2.75) is 13.3 Å². The standard InChI is InChI=1S/C24H23ClN2O4S/c1-5-7-16-12-15(14-20(30-3)21(16)31-4)13-19-22(28)26(6-2)24(32)27(23(19)29)18-10-8-17(25)9-11-18/h5,8-14H,1,6-7H2,2-4H3/b19-13+. The third-order valence-corrected chi connectivity index (χ3v) is 5.64. The van der Waals surface area contributed by atoms with Gasteiger partial charge in [-0.25, -0.2) is 0 Å². The molecule has 8 heteroatoms. The molecular formula is C24H23ClN2O4S. The van der Waals surface area contributed by atoms with Crippen LogP contribution in [0.1, 0.15) is 18.1 Å². The highest BCUT2D eigenvalue weighted by molar-refractivity contribution is 7.80. The smallest absolute Gasteiger partial charge is 0.270 e. The van der Waals surface area contributed by atoms with Gasteiger partial charge in [-0.3, -0.25) is 19.4 Å². The molecule has 1 fully saturated rings. The van der Waals surface area contributed by atoms with Gasteiger partial charge in [-0.15, -0.1) is 6.58 Å². The summed E-state index contributed by atoms with van der Waals surface area (Å²) >= 11 is 11.5. The number of rotatable bonds is 7. The zero-order valence-corrected chi connectivity index (χ0v) is 19.6. The number of allylic oxidation sites excluding steroid dienone is 1. The maximum Gasteiger partial charge on any atom is 0.270 e. The number of anilines is 1. The van der Waals surface area contributed by atoms with Crippen LogP contribution in [0.25, 0.3) is 6.08 Å². The van der Waals surface area contributed by atoms with E-state index in [4.69, 9.17) is 33.3 Å². The number of ether oxygens (including phenoxy) is 2. The molecule has 0 unspecified atom stereocenters. The van der Waals surface area contributed by atoms with Gasteiger partial charge < -0.3 is 9.47 Å². The number of nitrogens with zero attached hydrogens (tertiary/aromatic N) is 2. The van der Waals surface area contributed by atoms with Gasteiger partial charge >= 0.3 is 0 Å². The molecule has 166 valence electrons. The number of methoxy groups -OCH3 is 2. The lowest BCUT2D eigenvalue weighted by molar-refractivity contribution is -0.127. The maximum absolute atomic E-state index is 13.4. The Hall–Kier alpha value is -3.16. The van der Waals surface area contributed by atoms with Crippen molar-refractivity contribution in [1.29, 1.82) is 0 Å². The second-order valence-electron chi connectivity index (χ2n) is 6.92. The zero-order valence-electron chi connectivity index (χ0n) is 18.1. The summed E-state index contributed by atoms with van der Waals surface area (Å²) in [6.07, 6.45) is 3.82. The van der Waals surface area contributed by atoms with E-state index in [0.29, 0.717) is 40.7 Å². The molecule has 6 nitrogen and oxygen atoms in total. The molecule has 3 rings (SSSR count). The molecule has 32 heavy (non-hydrogen) atoms. The molecule has 1 heterocycles. The highest BCUT2D eigenvalue weighted by Crippen LogP contribution is 2.35. The van der Waals surface area contributed by atoms with E-state index in [1.54, 1.807) is 56.5 Å². The third-order valence-electron chi connectivity index (χ3n) is 4.99. The fraction of sp³-hybridized carbons (Fsp3) is 0.208. The van der Waals surface area contributed by atoms with Gasteiger partial charge in [0.25, 0.3) is 11.8 Å². The number of carbonyl (C=O) groups is 2. The zero-order chi connectivity index (χ0) is 23.4. The van der Waals surface area contributed by atoms with Gasteiger partial charge in [-0.05, 0) is 73.6 Å². The molecule has 0 N–H and O–H groups in total. The molecule has 0 atom stereocenters. The minimum absolute atomic E-state index is 0.00725. The number of thiocarbonyl (C=S) groups is 1. The maximum atomic E-state index is 13.4. The highest BCUT2D eigenvalue weighted by Gasteiger charge is 2.39. The summed E-state index contributed by atoms with van der Waals surface area (Å²) in [6, 6.07) is 10.3. The molecule has 0 radical (unpaired) electrons. The molecule has 0 spiro atoms. The van der Waals surface area contributed by atoms with Gasteiger partial charge in [0.1, 0.15) is 5.57 Å². The van der Waals surface area contributed by atoms with Crippen LogP contribution in [0.5, 0.6) is 11.5 Å². The van der Waals surface area contributed by atoms with Crippen LogP contribution >= 0.6 is 23.8 Å². The number of amides is 2. The van der Waals surface area contributed by atoms with Gasteiger partial charge in [-0.2, -0.15) is 0 Å². The first-order valence-electron chi connectivity index (χ1n) is 9.89. The van der Waals surface area contributed by atoms with Crippen molar-refractivity contribution in [3.8, 4) is 11.5 Å². The number of hydrogen-bond acceptors (Lipinski definition) is 5. The number of halogens is 1. The van der Waals surface area contributed by atoms with E-state index in [9.17, 15) is 9.59 Å². The Balaban J connectivity index is 2.14. The lowest BCUT2D eigenvalue weighted by Crippen LogP contribution is -2.56. The van der Waals surface area contributed by atoms with E-state index < -0.39 is 11.8 Å². The Labute approximate surface area is 197 Å². The summed E-state index contributed by atoms with van der Waals surface area (Å²) in [5.74, 6) is 0.113. The lowest BCUT2D eigenvalue weighted by Gasteiger charge is -2.36. The number of benzene rings is 2. The number of likely N-dealkylation sites (N-methyl/N-ethyl adjacent to an activating group) is 1. The molecule has 0 aliphatic carbocycles. The molecular weight excluding hydrogens is 448 g/mol. The van der Waals surface area contributed by atoms with Crippen LogP contribution < -0.4 is 14.4 Å². The van der Waals surface area contributed by atoms with E-state index >= 15 is 0 Å². The number of carbonyl (C=O) groups excluding carboxylic acids is 2. The monoisotopic (exact) mass is 470 g/mol. The van der Waals surface area contributed by atoms with E-state index in [0.717, 1.165) is 5.56 Å². The summed E-state index contributed by atoms with van der Waals surface area (Å²) in [4.78, 5) is 29.3. The summed E-state index contributed by atoms with van der Waals surface area (Å²) in [5.41, 5.74) is 1.96. The van der Waals surface area contributed by atoms with Crippen molar-refractivity contribution in [3.05, 3.63) is 70.8 Å². The van der Waals surface area contributed by atoms with Gasteiger partial charge in [-0.1, -0.05) is 17.7 Å². The van der Waals surface area contributed by atoms with E-state index in [-0.39, 0.29) is 10.7 Å².